The van der Waals surface area contributed by atoms with E-state index in [1.54, 1.807) is 7.11 Å². The first-order valence-electron chi connectivity index (χ1n) is 9.84. The Morgan fingerprint density at radius 3 is 2.58 bits per heavy atom. The zero-order chi connectivity index (χ0) is 18.9. The van der Waals surface area contributed by atoms with Crippen LogP contribution < -0.4 is 14.8 Å². The second-order valence-corrected chi connectivity index (χ2v) is 7.24. The fourth-order valence-electron chi connectivity index (χ4n) is 3.56. The molecule has 1 aromatic carbocycles. The summed E-state index contributed by atoms with van der Waals surface area (Å²) in [7, 11) is 1.67. The highest BCUT2D eigenvalue weighted by Gasteiger charge is 2.26. The van der Waals surface area contributed by atoms with Crippen LogP contribution in [-0.4, -0.2) is 30.8 Å². The van der Waals surface area contributed by atoms with Gasteiger partial charge in [-0.15, -0.1) is 0 Å². The SMILES string of the molecule is CCCCCOc1ccc(C(C)NC2CCC(C(=O)O)CC2)cc1OC. The van der Waals surface area contributed by atoms with Crippen molar-refractivity contribution < 1.29 is 19.4 Å². The Balaban J connectivity index is 1.90. The molecule has 2 rings (SSSR count). The van der Waals surface area contributed by atoms with Crippen molar-refractivity contribution >= 4 is 5.97 Å². The van der Waals surface area contributed by atoms with Gasteiger partial charge in [0.2, 0.25) is 0 Å². The van der Waals surface area contributed by atoms with E-state index in [9.17, 15) is 4.79 Å². The Bertz CT molecular complexity index is 567. The number of carboxylic acids is 1. The summed E-state index contributed by atoms with van der Waals surface area (Å²) < 4.78 is 11.4. The molecule has 1 saturated carbocycles. The average Bonchev–Trinajstić information content (AvgIpc) is 2.65. The zero-order valence-corrected chi connectivity index (χ0v) is 16.3. The van der Waals surface area contributed by atoms with Crippen LogP contribution in [0.3, 0.4) is 0 Å². The van der Waals surface area contributed by atoms with Crippen LogP contribution in [0.2, 0.25) is 0 Å². The molecule has 26 heavy (non-hydrogen) atoms. The smallest absolute Gasteiger partial charge is 0.306 e. The highest BCUT2D eigenvalue weighted by atomic mass is 16.5. The molecular formula is C21H33NO4. The number of methoxy groups -OCH3 is 1. The van der Waals surface area contributed by atoms with Crippen molar-refractivity contribution in [2.45, 2.75) is 70.9 Å². The maximum Gasteiger partial charge on any atom is 0.306 e. The molecule has 1 fully saturated rings. The first kappa shape index (κ1) is 20.6. The topological polar surface area (TPSA) is 67.8 Å². The van der Waals surface area contributed by atoms with Gasteiger partial charge in [0, 0.05) is 12.1 Å². The third-order valence-electron chi connectivity index (χ3n) is 5.26. The number of ether oxygens (including phenoxy) is 2. The summed E-state index contributed by atoms with van der Waals surface area (Å²) >= 11 is 0. The molecule has 1 aliphatic rings. The summed E-state index contributed by atoms with van der Waals surface area (Å²) in [6, 6.07) is 6.66. The van der Waals surface area contributed by atoms with Gasteiger partial charge in [-0.1, -0.05) is 25.8 Å². The van der Waals surface area contributed by atoms with Gasteiger partial charge in [-0.2, -0.15) is 0 Å². The van der Waals surface area contributed by atoms with Gasteiger partial charge >= 0.3 is 5.97 Å². The summed E-state index contributed by atoms with van der Waals surface area (Å²) in [4.78, 5) is 11.1. The van der Waals surface area contributed by atoms with Crippen molar-refractivity contribution in [2.75, 3.05) is 13.7 Å². The second kappa shape index (κ2) is 10.4. The van der Waals surface area contributed by atoms with Gasteiger partial charge in [0.05, 0.1) is 19.6 Å². The molecule has 1 aliphatic carbocycles. The minimum absolute atomic E-state index is 0.174. The third kappa shape index (κ3) is 5.90. The average molecular weight is 363 g/mol. The summed E-state index contributed by atoms with van der Waals surface area (Å²) in [6.07, 6.45) is 6.75. The third-order valence-corrected chi connectivity index (χ3v) is 5.26. The van der Waals surface area contributed by atoms with E-state index in [1.165, 1.54) is 12.8 Å². The molecule has 2 N–H and O–H groups in total. The fraction of sp³-hybridized carbons (Fsp3) is 0.667. The molecule has 0 aromatic heterocycles. The lowest BCUT2D eigenvalue weighted by molar-refractivity contribution is -0.142. The van der Waals surface area contributed by atoms with E-state index in [0.717, 1.165) is 49.2 Å². The number of hydrogen-bond donors (Lipinski definition) is 2. The number of rotatable bonds is 10. The van der Waals surface area contributed by atoms with Gasteiger partial charge in [-0.05, 0) is 56.7 Å². The predicted octanol–water partition coefficient (Wildman–Crippen LogP) is 4.56. The molecule has 146 valence electrons. The van der Waals surface area contributed by atoms with E-state index < -0.39 is 5.97 Å². The Labute approximate surface area is 157 Å². The van der Waals surface area contributed by atoms with E-state index in [1.807, 2.05) is 12.1 Å². The number of hydrogen-bond acceptors (Lipinski definition) is 4. The molecule has 5 heteroatoms. The van der Waals surface area contributed by atoms with Gasteiger partial charge in [-0.3, -0.25) is 4.79 Å². The van der Waals surface area contributed by atoms with Crippen LogP contribution in [0.25, 0.3) is 0 Å². The van der Waals surface area contributed by atoms with Crippen LogP contribution in [0, 0.1) is 5.92 Å². The van der Waals surface area contributed by atoms with Gasteiger partial charge in [0.25, 0.3) is 0 Å². The van der Waals surface area contributed by atoms with Gasteiger partial charge < -0.3 is 19.9 Å². The van der Waals surface area contributed by atoms with Gasteiger partial charge in [-0.25, -0.2) is 0 Å². The number of carboxylic acid groups (broad SMARTS) is 1. The highest BCUT2D eigenvalue weighted by molar-refractivity contribution is 5.70. The standard InChI is InChI=1S/C21H33NO4/c1-4-5-6-13-26-19-12-9-17(14-20(19)25-3)15(2)22-18-10-7-16(8-11-18)21(23)24/h9,12,14-16,18,22H,4-8,10-11,13H2,1-3H3,(H,23,24). The minimum Gasteiger partial charge on any atom is -0.493 e. The normalized spacial score (nSPS) is 21.2. The zero-order valence-electron chi connectivity index (χ0n) is 16.3. The quantitative estimate of drug-likeness (QED) is 0.597. The molecule has 1 atom stereocenters. The maximum atomic E-state index is 11.1. The monoisotopic (exact) mass is 363 g/mol. The minimum atomic E-state index is -0.657. The second-order valence-electron chi connectivity index (χ2n) is 7.24. The Morgan fingerprint density at radius 2 is 1.96 bits per heavy atom. The van der Waals surface area contributed by atoms with Crippen molar-refractivity contribution in [3.8, 4) is 11.5 Å². The van der Waals surface area contributed by atoms with Crippen LogP contribution >= 0.6 is 0 Å². The number of benzene rings is 1. The van der Waals surface area contributed by atoms with Gasteiger partial charge in [0.1, 0.15) is 0 Å². The lowest BCUT2D eigenvalue weighted by Gasteiger charge is -2.30. The molecule has 0 radical (unpaired) electrons. The molecule has 0 aliphatic heterocycles. The molecule has 0 bridgehead atoms. The van der Waals surface area contributed by atoms with Crippen LogP contribution in [-0.2, 0) is 4.79 Å². The lowest BCUT2D eigenvalue weighted by atomic mass is 9.85. The summed E-state index contributed by atoms with van der Waals surface area (Å²) in [5, 5.41) is 12.7. The summed E-state index contributed by atoms with van der Waals surface area (Å²) in [6.45, 7) is 5.03. The van der Waals surface area contributed by atoms with Gasteiger partial charge in [0.15, 0.2) is 11.5 Å². The fourth-order valence-corrected chi connectivity index (χ4v) is 3.56. The van der Waals surface area contributed by atoms with Crippen molar-refractivity contribution in [3.05, 3.63) is 23.8 Å². The van der Waals surface area contributed by atoms with E-state index in [2.05, 4.69) is 25.2 Å². The van der Waals surface area contributed by atoms with Crippen LogP contribution in [0.15, 0.2) is 18.2 Å². The Hall–Kier alpha value is -1.75. The molecule has 5 nitrogen and oxygen atoms in total. The molecule has 0 spiro atoms. The molecule has 1 unspecified atom stereocenters. The van der Waals surface area contributed by atoms with E-state index in [-0.39, 0.29) is 12.0 Å². The Morgan fingerprint density at radius 1 is 1.23 bits per heavy atom. The van der Waals surface area contributed by atoms with Crippen molar-refractivity contribution in [3.63, 3.8) is 0 Å². The molecule has 0 amide bonds. The number of carbonyl (C=O) groups is 1. The van der Waals surface area contributed by atoms with E-state index in [4.69, 9.17) is 14.6 Å². The predicted molar refractivity (Wildman–Crippen MR) is 103 cm³/mol. The first-order chi connectivity index (χ1) is 12.5. The first-order valence-corrected chi connectivity index (χ1v) is 9.84. The summed E-state index contributed by atoms with van der Waals surface area (Å²) in [5.74, 6) is 0.729. The van der Waals surface area contributed by atoms with E-state index in [0.29, 0.717) is 12.6 Å². The highest BCUT2D eigenvalue weighted by Crippen LogP contribution is 2.32. The Kier molecular flexibility index (Phi) is 8.23. The molecule has 0 heterocycles. The van der Waals surface area contributed by atoms with Crippen LogP contribution in [0.1, 0.15) is 70.4 Å². The van der Waals surface area contributed by atoms with Crippen molar-refractivity contribution in [2.24, 2.45) is 5.92 Å². The number of aliphatic carboxylic acids is 1. The van der Waals surface area contributed by atoms with Crippen molar-refractivity contribution in [1.29, 1.82) is 0 Å². The molecule has 0 saturated heterocycles. The lowest BCUT2D eigenvalue weighted by Crippen LogP contribution is -2.36. The number of unbranched alkanes of at least 4 members (excludes halogenated alkanes) is 2. The number of nitrogens with one attached hydrogen (secondary N) is 1. The molecule has 1 aromatic rings. The van der Waals surface area contributed by atoms with Crippen LogP contribution in [0.5, 0.6) is 11.5 Å². The van der Waals surface area contributed by atoms with Crippen LogP contribution in [0.4, 0.5) is 0 Å². The van der Waals surface area contributed by atoms with E-state index >= 15 is 0 Å². The maximum absolute atomic E-state index is 11.1. The summed E-state index contributed by atoms with van der Waals surface area (Å²) in [5.41, 5.74) is 1.16. The molecular weight excluding hydrogens is 330 g/mol. The van der Waals surface area contributed by atoms with Crippen molar-refractivity contribution in [1.82, 2.24) is 5.32 Å². The largest absolute Gasteiger partial charge is 0.493 e.